The highest BCUT2D eigenvalue weighted by Gasteiger charge is 2.27. The van der Waals surface area contributed by atoms with Crippen molar-refractivity contribution in [1.29, 1.82) is 0 Å². The van der Waals surface area contributed by atoms with Crippen molar-refractivity contribution in [2.24, 2.45) is 4.99 Å². The Bertz CT molecular complexity index is 779. The fraction of sp³-hybridized carbons (Fsp3) is 0.222. The Morgan fingerprint density at radius 2 is 2.12 bits per heavy atom. The fourth-order valence-electron chi connectivity index (χ4n) is 2.48. The molecule has 0 spiro atoms. The molecule has 0 aliphatic carbocycles. The summed E-state index contributed by atoms with van der Waals surface area (Å²) in [6.07, 6.45) is 0. The number of para-hydroxylation sites is 1. The highest BCUT2D eigenvalue weighted by Crippen LogP contribution is 2.25. The largest absolute Gasteiger partial charge is 0.496 e. The molecule has 2 aromatic rings. The summed E-state index contributed by atoms with van der Waals surface area (Å²) in [4.78, 5) is 19.0. The minimum atomic E-state index is -0.0812. The van der Waals surface area contributed by atoms with E-state index in [1.165, 1.54) is 0 Å². The van der Waals surface area contributed by atoms with E-state index in [1.54, 1.807) is 35.9 Å². The molecule has 1 amide bonds. The second-order valence-electron chi connectivity index (χ2n) is 5.24. The first-order valence-corrected chi connectivity index (χ1v) is 8.92. The van der Waals surface area contributed by atoms with Gasteiger partial charge in [0.15, 0.2) is 5.17 Å². The van der Waals surface area contributed by atoms with Crippen molar-refractivity contribution in [2.75, 3.05) is 20.2 Å². The number of aliphatic imine (C=N–C) groups is 1. The first-order valence-electron chi connectivity index (χ1n) is 7.55. The van der Waals surface area contributed by atoms with Gasteiger partial charge in [0.1, 0.15) is 5.75 Å². The SMILES string of the molecule is COc1ccccc1C(=O)N1CCN=C1SCc1cccc(Cl)c1. The van der Waals surface area contributed by atoms with Crippen LogP contribution in [0, 0.1) is 0 Å². The monoisotopic (exact) mass is 360 g/mol. The molecular weight excluding hydrogens is 344 g/mol. The van der Waals surface area contributed by atoms with Gasteiger partial charge < -0.3 is 4.74 Å². The van der Waals surface area contributed by atoms with Crippen molar-refractivity contribution in [3.05, 3.63) is 64.7 Å². The number of hydrogen-bond acceptors (Lipinski definition) is 4. The third kappa shape index (κ3) is 3.74. The maximum Gasteiger partial charge on any atom is 0.263 e. The van der Waals surface area contributed by atoms with Gasteiger partial charge in [0.25, 0.3) is 5.91 Å². The minimum absolute atomic E-state index is 0.0812. The number of hydrogen-bond donors (Lipinski definition) is 0. The first kappa shape index (κ1) is 16.9. The Labute approximate surface area is 150 Å². The van der Waals surface area contributed by atoms with Gasteiger partial charge in [-0.1, -0.05) is 47.6 Å². The number of carbonyl (C=O) groups excluding carboxylic acids is 1. The number of benzene rings is 2. The average molecular weight is 361 g/mol. The highest BCUT2D eigenvalue weighted by atomic mass is 35.5. The second-order valence-corrected chi connectivity index (χ2v) is 6.62. The molecule has 4 nitrogen and oxygen atoms in total. The standard InChI is InChI=1S/C18H17ClN2O2S/c1-23-16-8-3-2-7-15(16)17(22)21-10-9-20-18(21)24-12-13-5-4-6-14(19)11-13/h2-8,11H,9-10,12H2,1H3. The van der Waals surface area contributed by atoms with Gasteiger partial charge in [-0.3, -0.25) is 14.7 Å². The van der Waals surface area contributed by atoms with E-state index < -0.39 is 0 Å². The molecule has 0 N–H and O–H groups in total. The van der Waals surface area contributed by atoms with E-state index in [9.17, 15) is 4.79 Å². The van der Waals surface area contributed by atoms with E-state index >= 15 is 0 Å². The number of halogens is 1. The van der Waals surface area contributed by atoms with E-state index in [2.05, 4.69) is 4.99 Å². The summed E-state index contributed by atoms with van der Waals surface area (Å²) in [5.41, 5.74) is 1.66. The van der Waals surface area contributed by atoms with Gasteiger partial charge in [-0.2, -0.15) is 0 Å². The molecule has 6 heteroatoms. The van der Waals surface area contributed by atoms with E-state index in [0.717, 1.165) is 16.5 Å². The van der Waals surface area contributed by atoms with Crippen LogP contribution in [0.15, 0.2) is 53.5 Å². The number of nitrogens with zero attached hydrogens (tertiary/aromatic N) is 2. The van der Waals surface area contributed by atoms with Gasteiger partial charge in [0.2, 0.25) is 0 Å². The molecule has 0 saturated heterocycles. The normalized spacial score (nSPS) is 13.8. The number of amides is 1. The maximum absolute atomic E-state index is 12.8. The van der Waals surface area contributed by atoms with Crippen LogP contribution in [0.1, 0.15) is 15.9 Å². The smallest absolute Gasteiger partial charge is 0.263 e. The fourth-order valence-corrected chi connectivity index (χ4v) is 3.68. The predicted molar refractivity (Wildman–Crippen MR) is 99.1 cm³/mol. The van der Waals surface area contributed by atoms with Crippen LogP contribution in [0.25, 0.3) is 0 Å². The number of rotatable bonds is 4. The summed E-state index contributed by atoms with van der Waals surface area (Å²) in [5, 5.41) is 1.45. The lowest BCUT2D eigenvalue weighted by Crippen LogP contribution is -2.33. The summed E-state index contributed by atoms with van der Waals surface area (Å²) >= 11 is 7.56. The third-order valence-corrected chi connectivity index (χ3v) is 4.96. The average Bonchev–Trinajstić information content (AvgIpc) is 3.08. The van der Waals surface area contributed by atoms with Gasteiger partial charge in [0, 0.05) is 17.3 Å². The van der Waals surface area contributed by atoms with Crippen molar-refractivity contribution >= 4 is 34.4 Å². The molecule has 0 radical (unpaired) electrons. The quantitative estimate of drug-likeness (QED) is 0.824. The summed E-state index contributed by atoms with van der Waals surface area (Å²) in [6.45, 7) is 1.22. The van der Waals surface area contributed by atoms with Crippen molar-refractivity contribution in [3.8, 4) is 5.75 Å². The molecule has 1 heterocycles. The van der Waals surface area contributed by atoms with Gasteiger partial charge in [-0.05, 0) is 29.8 Å². The van der Waals surface area contributed by atoms with E-state index in [-0.39, 0.29) is 5.91 Å². The van der Waals surface area contributed by atoms with Gasteiger partial charge in [0.05, 0.1) is 19.2 Å². The van der Waals surface area contributed by atoms with E-state index in [0.29, 0.717) is 29.4 Å². The minimum Gasteiger partial charge on any atom is -0.496 e. The zero-order valence-corrected chi connectivity index (χ0v) is 14.8. The Morgan fingerprint density at radius 1 is 1.29 bits per heavy atom. The topological polar surface area (TPSA) is 41.9 Å². The molecule has 3 rings (SSSR count). The molecule has 0 unspecified atom stereocenters. The van der Waals surface area contributed by atoms with Crippen LogP contribution in [0.2, 0.25) is 5.02 Å². The zero-order chi connectivity index (χ0) is 16.9. The van der Waals surface area contributed by atoms with E-state index in [4.69, 9.17) is 16.3 Å². The van der Waals surface area contributed by atoms with Crippen LogP contribution >= 0.6 is 23.4 Å². The van der Waals surface area contributed by atoms with Crippen molar-refractivity contribution < 1.29 is 9.53 Å². The van der Waals surface area contributed by atoms with Crippen molar-refractivity contribution in [1.82, 2.24) is 4.90 Å². The molecule has 0 fully saturated rings. The predicted octanol–water partition coefficient (Wildman–Crippen LogP) is 4.09. The van der Waals surface area contributed by atoms with Crippen LogP contribution in [0.3, 0.4) is 0 Å². The Hall–Kier alpha value is -1.98. The van der Waals surface area contributed by atoms with Gasteiger partial charge >= 0.3 is 0 Å². The van der Waals surface area contributed by atoms with Crippen LogP contribution < -0.4 is 4.74 Å². The lowest BCUT2D eigenvalue weighted by atomic mass is 10.2. The Kier molecular flexibility index (Phi) is 5.43. The number of ether oxygens (including phenoxy) is 1. The summed E-state index contributed by atoms with van der Waals surface area (Å²) < 4.78 is 5.29. The van der Waals surface area contributed by atoms with Crippen molar-refractivity contribution in [3.63, 3.8) is 0 Å². The van der Waals surface area contributed by atoms with Crippen LogP contribution in [0.5, 0.6) is 5.75 Å². The molecule has 0 aromatic heterocycles. The Morgan fingerprint density at radius 3 is 2.92 bits per heavy atom. The van der Waals surface area contributed by atoms with Gasteiger partial charge in [-0.25, -0.2) is 0 Å². The molecule has 1 aliphatic heterocycles. The lowest BCUT2D eigenvalue weighted by Gasteiger charge is -2.19. The number of carbonyl (C=O) groups is 1. The number of methoxy groups -OCH3 is 1. The molecule has 1 aliphatic rings. The third-order valence-electron chi connectivity index (χ3n) is 3.64. The summed E-state index contributed by atoms with van der Waals surface area (Å²) in [7, 11) is 1.57. The van der Waals surface area contributed by atoms with Crippen LogP contribution in [-0.4, -0.2) is 36.2 Å². The summed E-state index contributed by atoms with van der Waals surface area (Å²) in [5.74, 6) is 1.21. The highest BCUT2D eigenvalue weighted by molar-refractivity contribution is 8.13. The maximum atomic E-state index is 12.8. The number of thioether (sulfide) groups is 1. The molecule has 0 atom stereocenters. The van der Waals surface area contributed by atoms with Crippen LogP contribution in [0.4, 0.5) is 0 Å². The lowest BCUT2D eigenvalue weighted by molar-refractivity contribution is 0.0857. The molecule has 0 bridgehead atoms. The second kappa shape index (κ2) is 7.73. The summed E-state index contributed by atoms with van der Waals surface area (Å²) in [6, 6.07) is 15.0. The molecule has 2 aromatic carbocycles. The van der Waals surface area contributed by atoms with Crippen LogP contribution in [-0.2, 0) is 5.75 Å². The molecule has 124 valence electrons. The van der Waals surface area contributed by atoms with Gasteiger partial charge in [-0.15, -0.1) is 0 Å². The van der Waals surface area contributed by atoms with Crippen molar-refractivity contribution in [2.45, 2.75) is 5.75 Å². The van der Waals surface area contributed by atoms with E-state index in [1.807, 2.05) is 36.4 Å². The Balaban J connectivity index is 1.72. The zero-order valence-electron chi connectivity index (χ0n) is 13.2. The molecule has 24 heavy (non-hydrogen) atoms. The molecule has 0 saturated carbocycles. The molecular formula is C18H17ClN2O2S. The number of amidine groups is 1. The first-order chi connectivity index (χ1) is 11.7.